The highest BCUT2D eigenvalue weighted by Crippen LogP contribution is 2.29. The Kier molecular flexibility index (Phi) is 4.29. The number of sulfonamides is 1. The molecular formula is C16H13ClN2O4S. The van der Waals surface area contributed by atoms with Gasteiger partial charge in [-0.15, -0.1) is 0 Å². The number of carbonyl (C=O) groups excluding carboxylic acids is 2. The van der Waals surface area contributed by atoms with Gasteiger partial charge in [0.2, 0.25) is 15.9 Å². The summed E-state index contributed by atoms with van der Waals surface area (Å²) in [7, 11) is -3.66. The number of hydrogen-bond acceptors (Lipinski definition) is 4. The van der Waals surface area contributed by atoms with E-state index in [2.05, 4.69) is 5.32 Å². The van der Waals surface area contributed by atoms with Gasteiger partial charge in [0.1, 0.15) is 0 Å². The van der Waals surface area contributed by atoms with Crippen LogP contribution in [0.5, 0.6) is 0 Å². The predicted octanol–water partition coefficient (Wildman–Crippen LogP) is 2.66. The lowest BCUT2D eigenvalue weighted by Gasteiger charge is -2.16. The van der Waals surface area contributed by atoms with Gasteiger partial charge in [-0.1, -0.05) is 29.8 Å². The SMILES string of the molecule is O=C(Nc1ccccc1)c1ccc(N2C(=O)CCS2(=O)=O)cc1Cl. The smallest absolute Gasteiger partial charge is 0.257 e. The molecule has 1 aliphatic heterocycles. The van der Waals surface area contributed by atoms with E-state index in [4.69, 9.17) is 11.6 Å². The molecule has 0 radical (unpaired) electrons. The van der Waals surface area contributed by atoms with Gasteiger partial charge in [-0.05, 0) is 30.3 Å². The van der Waals surface area contributed by atoms with Crippen LogP contribution in [0.4, 0.5) is 11.4 Å². The Balaban J connectivity index is 1.88. The Hall–Kier alpha value is -2.38. The maximum atomic E-state index is 12.3. The highest BCUT2D eigenvalue weighted by molar-refractivity contribution is 7.94. The molecule has 2 aromatic carbocycles. The summed E-state index contributed by atoms with van der Waals surface area (Å²) >= 11 is 6.12. The monoisotopic (exact) mass is 364 g/mol. The van der Waals surface area contributed by atoms with Crippen molar-refractivity contribution < 1.29 is 18.0 Å². The van der Waals surface area contributed by atoms with Crippen molar-refractivity contribution in [2.45, 2.75) is 6.42 Å². The second-order valence-electron chi connectivity index (χ2n) is 5.21. The summed E-state index contributed by atoms with van der Waals surface area (Å²) < 4.78 is 24.6. The van der Waals surface area contributed by atoms with Crippen LogP contribution in [0, 0.1) is 0 Å². The number of para-hydroxylation sites is 1. The fraction of sp³-hybridized carbons (Fsp3) is 0.125. The number of halogens is 1. The van der Waals surface area contributed by atoms with Crippen LogP contribution in [-0.4, -0.2) is 26.0 Å². The van der Waals surface area contributed by atoms with E-state index in [9.17, 15) is 18.0 Å². The van der Waals surface area contributed by atoms with Gasteiger partial charge in [0.05, 0.1) is 22.0 Å². The molecule has 8 heteroatoms. The normalized spacial score (nSPS) is 16.2. The Morgan fingerprint density at radius 3 is 2.42 bits per heavy atom. The third kappa shape index (κ3) is 3.13. The molecule has 0 aliphatic carbocycles. The first-order valence-electron chi connectivity index (χ1n) is 7.10. The van der Waals surface area contributed by atoms with Crippen LogP contribution in [0.2, 0.25) is 5.02 Å². The van der Waals surface area contributed by atoms with E-state index in [-0.39, 0.29) is 28.4 Å². The van der Waals surface area contributed by atoms with Crippen LogP contribution in [0.3, 0.4) is 0 Å². The van der Waals surface area contributed by atoms with Gasteiger partial charge >= 0.3 is 0 Å². The van der Waals surface area contributed by atoms with Gasteiger partial charge in [0.25, 0.3) is 5.91 Å². The molecule has 2 amide bonds. The highest BCUT2D eigenvalue weighted by Gasteiger charge is 2.36. The fourth-order valence-corrected chi connectivity index (χ4v) is 4.12. The summed E-state index contributed by atoms with van der Waals surface area (Å²) in [6.45, 7) is 0. The van der Waals surface area contributed by atoms with Crippen molar-refractivity contribution in [3.05, 3.63) is 59.1 Å². The minimum Gasteiger partial charge on any atom is -0.322 e. The maximum Gasteiger partial charge on any atom is 0.257 e. The number of nitrogens with one attached hydrogen (secondary N) is 1. The fourth-order valence-electron chi connectivity index (χ4n) is 2.40. The number of benzene rings is 2. The Bertz CT molecular complexity index is 913. The molecule has 1 saturated heterocycles. The first kappa shape index (κ1) is 16.5. The first-order chi connectivity index (χ1) is 11.4. The van der Waals surface area contributed by atoms with E-state index in [1.165, 1.54) is 18.2 Å². The molecule has 1 aliphatic rings. The molecule has 1 heterocycles. The quantitative estimate of drug-likeness (QED) is 0.907. The van der Waals surface area contributed by atoms with Crippen molar-refractivity contribution in [3.8, 4) is 0 Å². The van der Waals surface area contributed by atoms with Crippen molar-refractivity contribution in [1.82, 2.24) is 0 Å². The zero-order valence-corrected chi connectivity index (χ0v) is 14.0. The number of carbonyl (C=O) groups is 2. The molecule has 0 bridgehead atoms. The lowest BCUT2D eigenvalue weighted by Crippen LogP contribution is -2.29. The topological polar surface area (TPSA) is 83.6 Å². The van der Waals surface area contributed by atoms with E-state index >= 15 is 0 Å². The van der Waals surface area contributed by atoms with Crippen LogP contribution in [0.1, 0.15) is 16.8 Å². The van der Waals surface area contributed by atoms with Crippen LogP contribution in [0.25, 0.3) is 0 Å². The van der Waals surface area contributed by atoms with Gasteiger partial charge in [0, 0.05) is 12.1 Å². The molecule has 3 rings (SSSR count). The lowest BCUT2D eigenvalue weighted by molar-refractivity contribution is -0.116. The van der Waals surface area contributed by atoms with Gasteiger partial charge in [-0.25, -0.2) is 12.7 Å². The Morgan fingerprint density at radius 1 is 1.12 bits per heavy atom. The van der Waals surface area contributed by atoms with Crippen molar-refractivity contribution >= 4 is 44.8 Å². The van der Waals surface area contributed by atoms with Crippen LogP contribution in [0.15, 0.2) is 48.5 Å². The minimum absolute atomic E-state index is 0.0593. The number of anilines is 2. The van der Waals surface area contributed by atoms with Crippen molar-refractivity contribution in [1.29, 1.82) is 0 Å². The summed E-state index contributed by atoms with van der Waals surface area (Å²) in [6.07, 6.45) is -0.0593. The van der Waals surface area contributed by atoms with E-state index in [0.717, 1.165) is 4.31 Å². The maximum absolute atomic E-state index is 12.3. The van der Waals surface area contributed by atoms with Crippen LogP contribution in [-0.2, 0) is 14.8 Å². The Labute approximate surface area is 144 Å². The van der Waals surface area contributed by atoms with E-state index < -0.39 is 21.8 Å². The van der Waals surface area contributed by atoms with Crippen molar-refractivity contribution in [3.63, 3.8) is 0 Å². The highest BCUT2D eigenvalue weighted by atomic mass is 35.5. The largest absolute Gasteiger partial charge is 0.322 e. The number of amides is 2. The minimum atomic E-state index is -3.66. The van der Waals surface area contributed by atoms with Gasteiger partial charge < -0.3 is 5.32 Å². The molecule has 0 spiro atoms. The molecule has 2 aromatic rings. The third-order valence-corrected chi connectivity index (χ3v) is 5.55. The molecule has 1 N–H and O–H groups in total. The van der Waals surface area contributed by atoms with Gasteiger partial charge in [-0.2, -0.15) is 0 Å². The molecule has 24 heavy (non-hydrogen) atoms. The van der Waals surface area contributed by atoms with Crippen molar-refractivity contribution in [2.75, 3.05) is 15.4 Å². The summed E-state index contributed by atoms with van der Waals surface area (Å²) in [5, 5.41) is 2.76. The number of hydrogen-bond donors (Lipinski definition) is 1. The first-order valence-corrected chi connectivity index (χ1v) is 9.09. The number of rotatable bonds is 3. The van der Waals surface area contributed by atoms with Crippen LogP contribution >= 0.6 is 11.6 Å². The van der Waals surface area contributed by atoms with Gasteiger partial charge in [-0.3, -0.25) is 9.59 Å². The zero-order valence-electron chi connectivity index (χ0n) is 12.4. The summed E-state index contributed by atoms with van der Waals surface area (Å²) in [5.74, 6) is -1.15. The molecule has 0 unspecified atom stereocenters. The van der Waals surface area contributed by atoms with Gasteiger partial charge in [0.15, 0.2) is 0 Å². The van der Waals surface area contributed by atoms with E-state index in [1.54, 1.807) is 24.3 Å². The van der Waals surface area contributed by atoms with E-state index in [0.29, 0.717) is 5.69 Å². The average Bonchev–Trinajstić information content (AvgIpc) is 2.81. The second kappa shape index (κ2) is 6.26. The molecule has 0 atom stereocenters. The molecule has 1 fully saturated rings. The molecule has 0 saturated carbocycles. The molecule has 0 aromatic heterocycles. The average molecular weight is 365 g/mol. The third-order valence-electron chi connectivity index (χ3n) is 3.54. The predicted molar refractivity (Wildman–Crippen MR) is 91.7 cm³/mol. The zero-order chi connectivity index (χ0) is 17.3. The Morgan fingerprint density at radius 2 is 1.83 bits per heavy atom. The molecule has 6 nitrogen and oxygen atoms in total. The summed E-state index contributed by atoms with van der Waals surface area (Å²) in [4.78, 5) is 24.1. The van der Waals surface area contributed by atoms with E-state index in [1.807, 2.05) is 6.07 Å². The lowest BCUT2D eigenvalue weighted by atomic mass is 10.2. The molecule has 124 valence electrons. The standard InChI is InChI=1S/C16H13ClN2O4S/c17-14-10-12(19-15(20)8-9-24(19,22)23)6-7-13(14)16(21)18-11-4-2-1-3-5-11/h1-7,10H,8-9H2,(H,18,21). The summed E-state index contributed by atoms with van der Waals surface area (Å²) in [6, 6.07) is 13.0. The molecular weight excluding hydrogens is 352 g/mol. The number of nitrogens with zero attached hydrogens (tertiary/aromatic N) is 1. The van der Waals surface area contributed by atoms with Crippen LogP contribution < -0.4 is 9.62 Å². The summed E-state index contributed by atoms with van der Waals surface area (Å²) in [5.41, 5.74) is 0.937. The second-order valence-corrected chi connectivity index (χ2v) is 7.55. The van der Waals surface area contributed by atoms with Crippen molar-refractivity contribution in [2.24, 2.45) is 0 Å².